The summed E-state index contributed by atoms with van der Waals surface area (Å²) in [5.41, 5.74) is 3.09. The van der Waals surface area contributed by atoms with Gasteiger partial charge in [0.15, 0.2) is 0 Å². The largest absolute Gasteiger partial charge is 0.0654 e. The second-order valence-corrected chi connectivity index (χ2v) is 11.1. The van der Waals surface area contributed by atoms with Crippen molar-refractivity contribution in [3.05, 3.63) is 35.4 Å². The predicted octanol–water partition coefficient (Wildman–Crippen LogP) is 11.4. The van der Waals surface area contributed by atoms with Crippen LogP contribution in [-0.4, -0.2) is 0 Å². The summed E-state index contributed by atoms with van der Waals surface area (Å²) >= 11 is 0. The van der Waals surface area contributed by atoms with Gasteiger partial charge in [0.25, 0.3) is 0 Å². The summed E-state index contributed by atoms with van der Waals surface area (Å²) in [6.07, 6.45) is 32.5. The lowest BCUT2D eigenvalue weighted by molar-refractivity contribution is 0.504. The molecule has 0 unspecified atom stereocenters. The highest BCUT2D eigenvalue weighted by molar-refractivity contribution is 5.26. The normalized spacial score (nSPS) is 11.5. The van der Waals surface area contributed by atoms with Crippen molar-refractivity contribution in [2.45, 2.75) is 168 Å². The standard InChI is InChI=1S/C33H59/c1-4-5-6-7-8-9-13-16-19-22-27-32-29-24-25-30-33(32)28-23-20-17-14-11-10-12-15-18-21-26-31(2)3/h24-25,29,31H,4-23,26-28H2,1-3H3. The lowest BCUT2D eigenvalue weighted by atomic mass is 9.96. The zero-order chi connectivity index (χ0) is 23.8. The smallest absolute Gasteiger partial charge is 0.0146 e. The molecule has 33 heavy (non-hydrogen) atoms. The van der Waals surface area contributed by atoms with E-state index in [1.165, 1.54) is 153 Å². The molecule has 1 aromatic carbocycles. The van der Waals surface area contributed by atoms with Crippen molar-refractivity contribution in [2.24, 2.45) is 5.92 Å². The van der Waals surface area contributed by atoms with E-state index in [4.69, 9.17) is 0 Å². The Labute approximate surface area is 209 Å². The molecular formula is C33H59. The van der Waals surface area contributed by atoms with Crippen molar-refractivity contribution < 1.29 is 0 Å². The molecule has 0 fully saturated rings. The molecular weight excluding hydrogens is 396 g/mol. The summed E-state index contributed by atoms with van der Waals surface area (Å²) in [7, 11) is 0. The Kier molecular flexibility index (Phi) is 21.1. The molecule has 0 atom stereocenters. The number of unbranched alkanes of at least 4 members (excludes halogenated alkanes) is 18. The zero-order valence-electron chi connectivity index (χ0n) is 23.1. The molecule has 0 aliphatic carbocycles. The lowest BCUT2D eigenvalue weighted by Gasteiger charge is -2.09. The Hall–Kier alpha value is -0.780. The highest BCUT2D eigenvalue weighted by Crippen LogP contribution is 2.18. The molecule has 1 radical (unpaired) electrons. The van der Waals surface area contributed by atoms with Crippen LogP contribution in [0.2, 0.25) is 0 Å². The minimum Gasteiger partial charge on any atom is -0.0654 e. The molecule has 0 aliphatic rings. The van der Waals surface area contributed by atoms with Crippen LogP contribution in [0.25, 0.3) is 0 Å². The quantitative estimate of drug-likeness (QED) is 0.136. The van der Waals surface area contributed by atoms with Gasteiger partial charge in [-0.15, -0.1) is 0 Å². The van der Waals surface area contributed by atoms with Crippen molar-refractivity contribution in [1.82, 2.24) is 0 Å². The van der Waals surface area contributed by atoms with Gasteiger partial charge in [0.1, 0.15) is 0 Å². The summed E-state index contributed by atoms with van der Waals surface area (Å²) in [6.45, 7) is 6.99. The number of aryl methyl sites for hydroxylation is 2. The van der Waals surface area contributed by atoms with E-state index in [1.54, 1.807) is 5.56 Å². The predicted molar refractivity (Wildman–Crippen MR) is 150 cm³/mol. The maximum absolute atomic E-state index is 3.56. The third kappa shape index (κ3) is 19.2. The Bertz CT molecular complexity index is 515. The average Bonchev–Trinajstić information content (AvgIpc) is 2.81. The maximum Gasteiger partial charge on any atom is -0.0146 e. The van der Waals surface area contributed by atoms with Crippen LogP contribution in [0.15, 0.2) is 18.2 Å². The molecule has 0 bridgehead atoms. The van der Waals surface area contributed by atoms with Crippen LogP contribution in [0.5, 0.6) is 0 Å². The molecule has 0 aromatic heterocycles. The summed E-state index contributed by atoms with van der Waals surface area (Å²) in [6, 6.07) is 10.2. The fourth-order valence-electron chi connectivity index (χ4n) is 5.04. The number of benzene rings is 1. The van der Waals surface area contributed by atoms with Crippen LogP contribution in [0.4, 0.5) is 0 Å². The van der Waals surface area contributed by atoms with Crippen LogP contribution in [0.1, 0.15) is 167 Å². The molecule has 1 aromatic rings. The van der Waals surface area contributed by atoms with Gasteiger partial charge in [-0.1, -0.05) is 161 Å². The van der Waals surface area contributed by atoms with Gasteiger partial charge in [0.05, 0.1) is 0 Å². The monoisotopic (exact) mass is 455 g/mol. The van der Waals surface area contributed by atoms with E-state index in [2.05, 4.69) is 45.0 Å². The van der Waals surface area contributed by atoms with E-state index < -0.39 is 0 Å². The van der Waals surface area contributed by atoms with Crippen LogP contribution < -0.4 is 0 Å². The van der Waals surface area contributed by atoms with Crippen molar-refractivity contribution in [2.75, 3.05) is 0 Å². The molecule has 0 heterocycles. The minimum atomic E-state index is 0.884. The first-order chi connectivity index (χ1) is 16.2. The summed E-state index contributed by atoms with van der Waals surface area (Å²) in [5.74, 6) is 0.884. The molecule has 0 heteroatoms. The van der Waals surface area contributed by atoms with E-state index in [9.17, 15) is 0 Å². The Morgan fingerprint density at radius 2 is 1.03 bits per heavy atom. The fraction of sp³-hybridized carbons (Fsp3) is 0.818. The molecule has 0 nitrogen and oxygen atoms in total. The molecule has 191 valence electrons. The lowest BCUT2D eigenvalue weighted by Crippen LogP contribution is -1.96. The third-order valence-corrected chi connectivity index (χ3v) is 7.30. The topological polar surface area (TPSA) is 0 Å². The Balaban J connectivity index is 1.98. The van der Waals surface area contributed by atoms with Gasteiger partial charge in [-0.3, -0.25) is 0 Å². The van der Waals surface area contributed by atoms with E-state index >= 15 is 0 Å². The zero-order valence-corrected chi connectivity index (χ0v) is 23.1. The molecule has 0 spiro atoms. The van der Waals surface area contributed by atoms with Gasteiger partial charge < -0.3 is 0 Å². The fourth-order valence-corrected chi connectivity index (χ4v) is 5.04. The van der Waals surface area contributed by atoms with Gasteiger partial charge in [0, 0.05) is 0 Å². The van der Waals surface area contributed by atoms with Crippen molar-refractivity contribution in [3.63, 3.8) is 0 Å². The summed E-state index contributed by atoms with van der Waals surface area (Å²) in [4.78, 5) is 0. The first-order valence-corrected chi connectivity index (χ1v) is 15.2. The SMILES string of the molecule is CCCCCCCCCCCCc1ccc[c]c1CCCCCCCCCCCCC(C)C. The first-order valence-electron chi connectivity index (χ1n) is 15.2. The molecule has 0 saturated heterocycles. The maximum atomic E-state index is 3.56. The van der Waals surface area contributed by atoms with E-state index in [-0.39, 0.29) is 0 Å². The van der Waals surface area contributed by atoms with Crippen molar-refractivity contribution >= 4 is 0 Å². The van der Waals surface area contributed by atoms with E-state index in [1.807, 2.05) is 0 Å². The van der Waals surface area contributed by atoms with Crippen LogP contribution in [-0.2, 0) is 12.8 Å². The summed E-state index contributed by atoms with van der Waals surface area (Å²) in [5, 5.41) is 0. The number of rotatable bonds is 24. The average molecular weight is 456 g/mol. The molecule has 0 aliphatic heterocycles. The molecule has 0 saturated carbocycles. The highest BCUT2D eigenvalue weighted by atomic mass is 14.1. The Morgan fingerprint density at radius 3 is 1.55 bits per heavy atom. The number of hydrogen-bond donors (Lipinski definition) is 0. The van der Waals surface area contributed by atoms with Crippen molar-refractivity contribution in [3.8, 4) is 0 Å². The van der Waals surface area contributed by atoms with Gasteiger partial charge >= 0.3 is 0 Å². The first kappa shape index (κ1) is 30.3. The van der Waals surface area contributed by atoms with E-state index in [0.29, 0.717) is 0 Å². The van der Waals surface area contributed by atoms with Crippen LogP contribution in [0.3, 0.4) is 0 Å². The number of hydrogen-bond acceptors (Lipinski definition) is 0. The van der Waals surface area contributed by atoms with Gasteiger partial charge in [0.2, 0.25) is 0 Å². The van der Waals surface area contributed by atoms with E-state index in [0.717, 1.165) is 5.92 Å². The Morgan fingerprint density at radius 1 is 0.576 bits per heavy atom. The second-order valence-electron chi connectivity index (χ2n) is 11.1. The summed E-state index contributed by atoms with van der Waals surface area (Å²) < 4.78 is 0. The molecule has 0 N–H and O–H groups in total. The van der Waals surface area contributed by atoms with Gasteiger partial charge in [-0.05, 0) is 48.8 Å². The minimum absolute atomic E-state index is 0.884. The van der Waals surface area contributed by atoms with Crippen LogP contribution in [0, 0.1) is 12.0 Å². The van der Waals surface area contributed by atoms with Gasteiger partial charge in [-0.25, -0.2) is 0 Å². The van der Waals surface area contributed by atoms with Crippen molar-refractivity contribution in [1.29, 1.82) is 0 Å². The molecule has 0 amide bonds. The third-order valence-electron chi connectivity index (χ3n) is 7.30. The molecule has 1 rings (SSSR count). The van der Waals surface area contributed by atoms with Crippen LogP contribution >= 0.6 is 0 Å². The van der Waals surface area contributed by atoms with Gasteiger partial charge in [-0.2, -0.15) is 0 Å². The highest BCUT2D eigenvalue weighted by Gasteiger charge is 2.03. The second kappa shape index (κ2) is 23.0.